The van der Waals surface area contributed by atoms with Crippen molar-refractivity contribution in [2.45, 2.75) is 0 Å². The first-order chi connectivity index (χ1) is 26.8. The Morgan fingerprint density at radius 3 is 1.83 bits per heavy atom. The molecule has 2 aromatic heterocycles. The number of nitrogens with zero attached hydrogens (tertiary/aromatic N) is 3. The summed E-state index contributed by atoms with van der Waals surface area (Å²) in [5, 5.41) is 3.44. The third-order valence-electron chi connectivity index (χ3n) is 10.6. The number of hydrogen-bond donors (Lipinski definition) is 0. The highest BCUT2D eigenvalue weighted by Gasteiger charge is 2.28. The molecule has 0 bridgehead atoms. The van der Waals surface area contributed by atoms with Gasteiger partial charge in [0.1, 0.15) is 16.8 Å². The van der Waals surface area contributed by atoms with Gasteiger partial charge in [-0.2, -0.15) is 0 Å². The van der Waals surface area contributed by atoms with Crippen molar-refractivity contribution in [1.29, 1.82) is 0 Å². The van der Waals surface area contributed by atoms with E-state index >= 15 is 0 Å². The average molecular weight is 690 g/mol. The lowest BCUT2D eigenvalue weighted by Crippen LogP contribution is -2.15. The summed E-state index contributed by atoms with van der Waals surface area (Å²) in [4.78, 5) is 12.9. The van der Waals surface area contributed by atoms with Crippen LogP contribution in [0.2, 0.25) is 0 Å². The van der Waals surface area contributed by atoms with E-state index in [-0.39, 0.29) is 0 Å². The molecule has 4 nitrogen and oxygen atoms in total. The lowest BCUT2D eigenvalue weighted by atomic mass is 9.87. The molecule has 1 aliphatic rings. The van der Waals surface area contributed by atoms with Crippen molar-refractivity contribution in [1.82, 2.24) is 9.97 Å². The fraction of sp³-hybridized carbons (Fsp3) is 0. The third-order valence-corrected chi connectivity index (χ3v) is 10.6. The third kappa shape index (κ3) is 4.78. The summed E-state index contributed by atoms with van der Waals surface area (Å²) in [7, 11) is 0. The van der Waals surface area contributed by atoms with Crippen LogP contribution in [0.25, 0.3) is 88.9 Å². The molecule has 11 rings (SSSR count). The second-order valence-corrected chi connectivity index (χ2v) is 13.7. The highest BCUT2D eigenvalue weighted by molar-refractivity contribution is 6.17. The minimum atomic E-state index is 0.649. The molecule has 10 aromatic rings. The molecule has 8 aromatic carbocycles. The topological polar surface area (TPSA) is 42.2 Å². The Hall–Kier alpha value is -7.30. The first kappa shape index (κ1) is 30.3. The predicted octanol–water partition coefficient (Wildman–Crippen LogP) is 13.6. The Morgan fingerprint density at radius 1 is 0.407 bits per heavy atom. The Kier molecular flexibility index (Phi) is 6.82. The summed E-state index contributed by atoms with van der Waals surface area (Å²) in [6.45, 7) is 0. The van der Waals surface area contributed by atoms with Crippen LogP contribution in [0, 0.1) is 0 Å². The molecular formula is C50H31N3O. The molecule has 54 heavy (non-hydrogen) atoms. The lowest BCUT2D eigenvalue weighted by molar-refractivity contribution is 0.667. The molecule has 0 saturated heterocycles. The van der Waals surface area contributed by atoms with Gasteiger partial charge in [0.25, 0.3) is 0 Å². The Bertz CT molecular complexity index is 3030. The van der Waals surface area contributed by atoms with Gasteiger partial charge in [0.05, 0.1) is 11.4 Å². The van der Waals surface area contributed by atoms with E-state index in [9.17, 15) is 0 Å². The molecular weight excluding hydrogens is 659 g/mol. The fourth-order valence-electron chi connectivity index (χ4n) is 8.10. The molecule has 252 valence electrons. The van der Waals surface area contributed by atoms with Crippen LogP contribution in [0.5, 0.6) is 0 Å². The molecule has 0 aliphatic carbocycles. The molecule has 0 unspecified atom stereocenters. The van der Waals surface area contributed by atoms with Gasteiger partial charge in [-0.25, -0.2) is 9.97 Å². The number of fused-ring (bicyclic) bond motifs is 5. The molecule has 0 N–H and O–H groups in total. The van der Waals surface area contributed by atoms with E-state index in [1.54, 1.807) is 0 Å². The standard InChI is InChI=1S/C50H31N3O/c1-4-13-32(14-5-1)33-23-25-35(26-24-33)47-49-48(42-19-10-11-22-45(42)54-49)52-50(51-47)36-27-28-39-41-21-12-20-40-38(34-15-6-2-7-16-34)29-30-43(46(40)41)53(44(39)31-36)37-17-8-3-9-18-37/h1-31H. The van der Waals surface area contributed by atoms with E-state index < -0.39 is 0 Å². The second-order valence-electron chi connectivity index (χ2n) is 13.7. The summed E-state index contributed by atoms with van der Waals surface area (Å²) in [6.07, 6.45) is 0. The summed E-state index contributed by atoms with van der Waals surface area (Å²) >= 11 is 0. The average Bonchev–Trinajstić information content (AvgIpc) is 3.63. The number of rotatable bonds is 5. The zero-order valence-corrected chi connectivity index (χ0v) is 29.1. The van der Waals surface area contributed by atoms with Gasteiger partial charge in [-0.1, -0.05) is 152 Å². The predicted molar refractivity (Wildman–Crippen MR) is 222 cm³/mol. The molecule has 0 spiro atoms. The molecule has 0 fully saturated rings. The first-order valence-corrected chi connectivity index (χ1v) is 18.2. The smallest absolute Gasteiger partial charge is 0.180 e. The van der Waals surface area contributed by atoms with Crippen molar-refractivity contribution < 1.29 is 4.42 Å². The van der Waals surface area contributed by atoms with Gasteiger partial charge < -0.3 is 9.32 Å². The molecule has 0 amide bonds. The van der Waals surface area contributed by atoms with Crippen molar-refractivity contribution in [2.75, 3.05) is 4.90 Å². The summed E-state index contributed by atoms with van der Waals surface area (Å²) in [5.74, 6) is 0.649. The van der Waals surface area contributed by atoms with E-state index in [4.69, 9.17) is 14.4 Å². The highest BCUT2D eigenvalue weighted by Crippen LogP contribution is 2.53. The van der Waals surface area contributed by atoms with Gasteiger partial charge in [0, 0.05) is 33.2 Å². The minimum Gasteiger partial charge on any atom is -0.452 e. The van der Waals surface area contributed by atoms with Crippen molar-refractivity contribution in [3.8, 4) is 56.0 Å². The maximum Gasteiger partial charge on any atom is 0.180 e. The van der Waals surface area contributed by atoms with Crippen molar-refractivity contribution in [3.63, 3.8) is 0 Å². The Balaban J connectivity index is 1.12. The number of hydrogen-bond acceptors (Lipinski definition) is 4. The molecule has 0 radical (unpaired) electrons. The number of furan rings is 1. The van der Waals surface area contributed by atoms with Crippen LogP contribution in [0.15, 0.2) is 192 Å². The van der Waals surface area contributed by atoms with Gasteiger partial charge in [-0.15, -0.1) is 0 Å². The summed E-state index contributed by atoms with van der Waals surface area (Å²) < 4.78 is 6.49. The van der Waals surface area contributed by atoms with E-state index in [2.05, 4.69) is 169 Å². The molecule has 0 atom stereocenters. The number of aromatic nitrogens is 2. The maximum absolute atomic E-state index is 6.49. The number of para-hydroxylation sites is 2. The van der Waals surface area contributed by atoms with Crippen LogP contribution < -0.4 is 4.90 Å². The van der Waals surface area contributed by atoms with Gasteiger partial charge in [-0.05, 0) is 69.6 Å². The van der Waals surface area contributed by atoms with Gasteiger partial charge in [0.2, 0.25) is 0 Å². The van der Waals surface area contributed by atoms with Gasteiger partial charge in [-0.3, -0.25) is 0 Å². The molecule has 3 heterocycles. The van der Waals surface area contributed by atoms with Gasteiger partial charge >= 0.3 is 0 Å². The van der Waals surface area contributed by atoms with Crippen molar-refractivity contribution >= 4 is 49.9 Å². The van der Waals surface area contributed by atoms with E-state index in [1.807, 2.05) is 24.3 Å². The van der Waals surface area contributed by atoms with Crippen molar-refractivity contribution in [2.24, 2.45) is 0 Å². The minimum absolute atomic E-state index is 0.649. The van der Waals surface area contributed by atoms with Crippen LogP contribution >= 0.6 is 0 Å². The van der Waals surface area contributed by atoms with Crippen LogP contribution in [-0.2, 0) is 0 Å². The van der Waals surface area contributed by atoms with Crippen LogP contribution in [0.1, 0.15) is 0 Å². The van der Waals surface area contributed by atoms with E-state index in [1.165, 1.54) is 33.0 Å². The number of benzene rings is 8. The molecule has 1 aliphatic heterocycles. The lowest BCUT2D eigenvalue weighted by Gasteiger charge is -2.34. The molecule has 0 saturated carbocycles. The highest BCUT2D eigenvalue weighted by atomic mass is 16.3. The number of anilines is 3. The van der Waals surface area contributed by atoms with Crippen LogP contribution in [0.3, 0.4) is 0 Å². The second kappa shape index (κ2) is 12.1. The zero-order valence-electron chi connectivity index (χ0n) is 29.1. The zero-order chi connectivity index (χ0) is 35.6. The van der Waals surface area contributed by atoms with E-state index in [0.29, 0.717) is 11.4 Å². The fourth-order valence-corrected chi connectivity index (χ4v) is 8.10. The normalized spacial score (nSPS) is 12.0. The van der Waals surface area contributed by atoms with Crippen LogP contribution in [0.4, 0.5) is 17.1 Å². The Morgan fingerprint density at radius 2 is 1.04 bits per heavy atom. The Labute approximate surface area is 312 Å². The molecule has 4 heteroatoms. The van der Waals surface area contributed by atoms with Crippen LogP contribution in [-0.4, -0.2) is 9.97 Å². The van der Waals surface area contributed by atoms with E-state index in [0.717, 1.165) is 61.5 Å². The van der Waals surface area contributed by atoms with Gasteiger partial charge in [0.15, 0.2) is 11.4 Å². The summed E-state index contributed by atoms with van der Waals surface area (Å²) in [6, 6.07) is 66.3. The first-order valence-electron chi connectivity index (χ1n) is 18.2. The largest absolute Gasteiger partial charge is 0.452 e. The summed E-state index contributed by atoms with van der Waals surface area (Å²) in [5.41, 5.74) is 15.4. The maximum atomic E-state index is 6.49. The van der Waals surface area contributed by atoms with Crippen molar-refractivity contribution in [3.05, 3.63) is 188 Å². The monoisotopic (exact) mass is 689 g/mol. The SMILES string of the molecule is c1ccc(-c2ccc(-c3nc(-c4ccc5c(c4)N(c4ccccc4)c4ccc(-c6ccccc6)c6cccc-5c46)nc4c3oc3ccccc34)cc2)cc1. The quantitative estimate of drug-likeness (QED) is 0.180.